The van der Waals surface area contributed by atoms with Gasteiger partial charge >= 0.3 is 0 Å². The van der Waals surface area contributed by atoms with E-state index in [0.29, 0.717) is 10.3 Å². The zero-order chi connectivity index (χ0) is 26.7. The van der Waals surface area contributed by atoms with Crippen molar-refractivity contribution in [2.24, 2.45) is 0 Å². The smallest absolute Gasteiger partial charge is 0.259 e. The van der Waals surface area contributed by atoms with Crippen molar-refractivity contribution in [2.45, 2.75) is 37.9 Å². The summed E-state index contributed by atoms with van der Waals surface area (Å²) in [5.74, 6) is -0.581. The summed E-state index contributed by atoms with van der Waals surface area (Å²) in [6, 6.07) is 18.6. The number of ether oxygens (including phenoxy) is 2. The third-order valence-corrected chi connectivity index (χ3v) is 7.37. The monoisotopic (exact) mass is 620 g/mol. The first-order chi connectivity index (χ1) is 18.6. The van der Waals surface area contributed by atoms with Crippen molar-refractivity contribution in [3.63, 3.8) is 0 Å². The molecule has 0 aliphatic rings. The van der Waals surface area contributed by atoms with Gasteiger partial charge in [-0.1, -0.05) is 83.3 Å². The fourth-order valence-corrected chi connectivity index (χ4v) is 5.32. The van der Waals surface area contributed by atoms with Gasteiger partial charge in [-0.05, 0) is 24.0 Å². The molecule has 2 heterocycles. The van der Waals surface area contributed by atoms with Crippen molar-refractivity contribution in [3.05, 3.63) is 81.8 Å². The molecule has 0 radical (unpaired) electrons. The first-order valence-corrected chi connectivity index (χ1v) is 13.6. The maximum atomic E-state index is 12.6. The number of benzene rings is 2. The van der Waals surface area contributed by atoms with Gasteiger partial charge in [-0.15, -0.1) is 20.4 Å². The molecule has 0 fully saturated rings. The molecule has 14 heteroatoms. The molecule has 2 amide bonds. The Kier molecular flexibility index (Phi) is 14.2. The SMILES string of the molecule is CO[C@H](C(=O)Nc1nnc(CCCCc2nnc(NC(=O)[C@@H](OC)c3ccccc3)s2)s1)c1ccccc1.S.S. The van der Waals surface area contributed by atoms with E-state index in [1.165, 1.54) is 36.9 Å². The van der Waals surface area contributed by atoms with Crippen molar-refractivity contribution in [1.29, 1.82) is 0 Å². The van der Waals surface area contributed by atoms with Crippen LogP contribution in [0.25, 0.3) is 0 Å². The maximum absolute atomic E-state index is 12.6. The minimum Gasteiger partial charge on any atom is -0.367 e. The van der Waals surface area contributed by atoms with E-state index >= 15 is 0 Å². The summed E-state index contributed by atoms with van der Waals surface area (Å²) >= 11 is 2.70. The van der Waals surface area contributed by atoms with E-state index in [4.69, 9.17) is 9.47 Å². The van der Waals surface area contributed by atoms with Crippen LogP contribution in [0.3, 0.4) is 0 Å². The Morgan fingerprint density at radius 2 is 1.05 bits per heavy atom. The first-order valence-electron chi connectivity index (χ1n) is 12.0. The van der Waals surface area contributed by atoms with Gasteiger partial charge in [0.05, 0.1) is 0 Å². The summed E-state index contributed by atoms with van der Waals surface area (Å²) in [5.41, 5.74) is 1.54. The summed E-state index contributed by atoms with van der Waals surface area (Å²) in [7, 11) is 3.00. The van der Waals surface area contributed by atoms with Gasteiger partial charge in [0.2, 0.25) is 10.3 Å². The average Bonchev–Trinajstić information content (AvgIpc) is 3.58. The molecule has 0 unspecified atom stereocenters. The summed E-state index contributed by atoms with van der Waals surface area (Å²) in [6.45, 7) is 0. The zero-order valence-electron chi connectivity index (χ0n) is 22.0. The zero-order valence-corrected chi connectivity index (χ0v) is 25.6. The predicted molar refractivity (Wildman–Crippen MR) is 167 cm³/mol. The van der Waals surface area contributed by atoms with E-state index in [2.05, 4.69) is 31.0 Å². The number of nitrogens with one attached hydrogen (secondary N) is 2. The molecule has 0 bridgehead atoms. The fraction of sp³-hybridized carbons (Fsp3) is 0.308. The molecule has 10 nitrogen and oxygen atoms in total. The van der Waals surface area contributed by atoms with Gasteiger partial charge in [0.15, 0.2) is 12.2 Å². The van der Waals surface area contributed by atoms with Crippen molar-refractivity contribution < 1.29 is 19.1 Å². The predicted octanol–water partition coefficient (Wildman–Crippen LogP) is 4.83. The lowest BCUT2D eigenvalue weighted by Gasteiger charge is -2.14. The van der Waals surface area contributed by atoms with Gasteiger partial charge in [0.1, 0.15) is 10.0 Å². The third kappa shape index (κ3) is 9.35. The van der Waals surface area contributed by atoms with Gasteiger partial charge in [-0.2, -0.15) is 27.0 Å². The number of unbranched alkanes of at least 4 members (excludes halogenated alkanes) is 1. The molecule has 214 valence electrons. The Bertz CT molecular complexity index is 1220. The lowest BCUT2D eigenvalue weighted by Crippen LogP contribution is -2.22. The number of carbonyl (C=O) groups is 2. The summed E-state index contributed by atoms with van der Waals surface area (Å²) in [5, 5.41) is 24.7. The molecule has 40 heavy (non-hydrogen) atoms. The van der Waals surface area contributed by atoms with E-state index < -0.39 is 12.2 Å². The number of anilines is 2. The number of amides is 2. The second-order valence-electron chi connectivity index (χ2n) is 8.24. The van der Waals surface area contributed by atoms with Crippen LogP contribution in [0.15, 0.2) is 60.7 Å². The van der Waals surface area contributed by atoms with Crippen LogP contribution in [0.1, 0.15) is 46.2 Å². The van der Waals surface area contributed by atoms with Crippen molar-refractivity contribution >= 4 is 71.7 Å². The maximum Gasteiger partial charge on any atom is 0.259 e. The number of aryl methyl sites for hydroxylation is 2. The Morgan fingerprint density at radius 3 is 1.40 bits per heavy atom. The van der Waals surface area contributed by atoms with Crippen LogP contribution in [0.5, 0.6) is 0 Å². The third-order valence-electron chi connectivity index (χ3n) is 5.58. The molecule has 2 atom stereocenters. The molecular formula is C26H32N6O4S4. The molecule has 2 aromatic carbocycles. The number of hydrogen-bond acceptors (Lipinski definition) is 10. The Labute approximate surface area is 254 Å². The molecule has 0 spiro atoms. The first kappa shape index (κ1) is 33.3. The molecule has 0 saturated heterocycles. The van der Waals surface area contributed by atoms with E-state index in [1.807, 2.05) is 60.7 Å². The topological polar surface area (TPSA) is 128 Å². The Balaban J connectivity index is 0.00000280. The van der Waals surface area contributed by atoms with Crippen LogP contribution < -0.4 is 10.6 Å². The molecule has 4 rings (SSSR count). The van der Waals surface area contributed by atoms with Crippen LogP contribution in [-0.4, -0.2) is 46.4 Å². The van der Waals surface area contributed by atoms with Crippen LogP contribution in [0, 0.1) is 0 Å². The number of carbonyl (C=O) groups excluding carboxylic acids is 2. The number of hydrogen-bond donors (Lipinski definition) is 2. The number of nitrogens with zero attached hydrogens (tertiary/aromatic N) is 4. The molecular weight excluding hydrogens is 589 g/mol. The van der Waals surface area contributed by atoms with Crippen LogP contribution in [0.2, 0.25) is 0 Å². The molecule has 4 aromatic rings. The highest BCUT2D eigenvalue weighted by Crippen LogP contribution is 2.24. The van der Waals surface area contributed by atoms with E-state index in [-0.39, 0.29) is 38.8 Å². The van der Waals surface area contributed by atoms with Crippen molar-refractivity contribution in [1.82, 2.24) is 20.4 Å². The van der Waals surface area contributed by atoms with Crippen LogP contribution in [-0.2, 0) is 31.9 Å². The highest BCUT2D eigenvalue weighted by atomic mass is 32.1. The van der Waals surface area contributed by atoms with Gasteiger partial charge in [-0.25, -0.2) is 0 Å². The normalized spacial score (nSPS) is 11.9. The average molecular weight is 621 g/mol. The standard InChI is InChI=1S/C26H28N6O4S2.2H2S/c1-35-21(17-11-5-3-6-12-17)23(33)27-25-31-29-19(37-25)15-9-10-16-20-30-32-26(38-20)28-24(34)22(36-2)18-13-7-4-8-14-18;;/h3-8,11-14,21-22H,9-10,15-16H2,1-2H3,(H,27,31,33)(H,28,32,34);2*1H2/t21-,22-;;/m0../s1. The van der Waals surface area contributed by atoms with E-state index in [0.717, 1.165) is 46.8 Å². The van der Waals surface area contributed by atoms with Crippen LogP contribution >= 0.6 is 49.7 Å². The summed E-state index contributed by atoms with van der Waals surface area (Å²) in [6.07, 6.45) is 1.76. The molecule has 0 aliphatic heterocycles. The molecule has 2 aromatic heterocycles. The second-order valence-corrected chi connectivity index (χ2v) is 10.4. The van der Waals surface area contributed by atoms with E-state index in [1.54, 1.807) is 0 Å². The summed E-state index contributed by atoms with van der Waals surface area (Å²) < 4.78 is 10.7. The highest BCUT2D eigenvalue weighted by Gasteiger charge is 2.22. The second kappa shape index (κ2) is 17.0. The van der Waals surface area contributed by atoms with Gasteiger partial charge in [0, 0.05) is 27.1 Å². The number of rotatable bonds is 13. The lowest BCUT2D eigenvalue weighted by atomic mass is 10.1. The minimum absolute atomic E-state index is 0. The van der Waals surface area contributed by atoms with Crippen LogP contribution in [0.4, 0.5) is 10.3 Å². The molecule has 0 aliphatic carbocycles. The molecule has 2 N–H and O–H groups in total. The molecule has 0 saturated carbocycles. The van der Waals surface area contributed by atoms with Crippen molar-refractivity contribution in [2.75, 3.05) is 24.9 Å². The summed E-state index contributed by atoms with van der Waals surface area (Å²) in [4.78, 5) is 25.2. The van der Waals surface area contributed by atoms with E-state index in [9.17, 15) is 9.59 Å². The van der Waals surface area contributed by atoms with Gasteiger partial charge < -0.3 is 9.47 Å². The fourth-order valence-electron chi connectivity index (χ4n) is 3.75. The lowest BCUT2D eigenvalue weighted by molar-refractivity contribution is -0.126. The van der Waals surface area contributed by atoms with Gasteiger partial charge in [-0.3, -0.25) is 20.2 Å². The quantitative estimate of drug-likeness (QED) is 0.204. The highest BCUT2D eigenvalue weighted by molar-refractivity contribution is 7.59. The number of methoxy groups -OCH3 is 2. The Hall–Kier alpha value is -2.88. The van der Waals surface area contributed by atoms with Crippen molar-refractivity contribution in [3.8, 4) is 0 Å². The largest absolute Gasteiger partial charge is 0.367 e. The number of aromatic nitrogens is 4. The van der Waals surface area contributed by atoms with Gasteiger partial charge in [0.25, 0.3) is 11.8 Å². The minimum atomic E-state index is -0.719. The Morgan fingerprint density at radius 1 is 0.675 bits per heavy atom.